The predicted octanol–water partition coefficient (Wildman–Crippen LogP) is 4.71. The molecular weight excluding hydrogens is 480 g/mol. The summed E-state index contributed by atoms with van der Waals surface area (Å²) in [5.41, 5.74) is 6.67. The maximum absolute atomic E-state index is 13.2. The highest BCUT2D eigenvalue weighted by Crippen LogP contribution is 2.32. The van der Waals surface area contributed by atoms with Crippen LogP contribution in [0.5, 0.6) is 0 Å². The Bertz CT molecular complexity index is 1020. The number of nitrogens with one attached hydrogen (secondary N) is 3. The van der Waals surface area contributed by atoms with Crippen molar-refractivity contribution in [3.63, 3.8) is 0 Å². The molecule has 0 bridgehead atoms. The summed E-state index contributed by atoms with van der Waals surface area (Å²) in [4.78, 5) is 26.8. The number of allylic oxidation sites excluding steroid dienone is 3. The Kier molecular flexibility index (Phi) is 8.05. The predicted molar refractivity (Wildman–Crippen MR) is 138 cm³/mol. The third kappa shape index (κ3) is 6.08. The largest absolute Gasteiger partial charge is 0.371 e. The van der Waals surface area contributed by atoms with Crippen LogP contribution in [0.3, 0.4) is 0 Å². The van der Waals surface area contributed by atoms with Crippen molar-refractivity contribution in [2.45, 2.75) is 65.5 Å². The number of hydrogen-bond acceptors (Lipinski definition) is 4. The molecule has 1 aliphatic heterocycles. The van der Waals surface area contributed by atoms with Gasteiger partial charge in [-0.2, -0.15) is 0 Å². The van der Waals surface area contributed by atoms with Crippen LogP contribution in [0.2, 0.25) is 0 Å². The molecule has 0 radical (unpaired) electrons. The van der Waals surface area contributed by atoms with Crippen molar-refractivity contribution >= 4 is 33.4 Å². The van der Waals surface area contributed by atoms with E-state index in [0.29, 0.717) is 18.2 Å². The maximum atomic E-state index is 13.2. The van der Waals surface area contributed by atoms with Crippen LogP contribution in [-0.2, 0) is 4.79 Å². The van der Waals surface area contributed by atoms with Gasteiger partial charge >= 0.3 is 0 Å². The van der Waals surface area contributed by atoms with Gasteiger partial charge in [-0.15, -0.1) is 0 Å². The Labute approximate surface area is 205 Å². The molecule has 1 aliphatic carbocycles. The average Bonchev–Trinajstić information content (AvgIpc) is 2.73. The first-order valence-corrected chi connectivity index (χ1v) is 12.3. The first kappa shape index (κ1) is 25.1. The van der Waals surface area contributed by atoms with Gasteiger partial charge in [0.15, 0.2) is 0 Å². The summed E-state index contributed by atoms with van der Waals surface area (Å²) in [5.74, 6) is -0.0628. The van der Waals surface area contributed by atoms with Gasteiger partial charge in [0, 0.05) is 59.7 Å². The van der Waals surface area contributed by atoms with E-state index in [1.165, 1.54) is 0 Å². The second kappa shape index (κ2) is 10.6. The molecule has 3 N–H and O–H groups in total. The van der Waals surface area contributed by atoms with Gasteiger partial charge in [0.1, 0.15) is 0 Å². The Hall–Kier alpha value is -2.54. The number of halogens is 1. The standard InChI is InChI=1S/C26H35BrN4O2/c1-15-11-16(2)29-18(4)24(15)14-28-26(33)23-12-20(27)13-25(17(23)3)31(6)22-9-7-21(8-10-22)30-19(5)32/h11-13,21-22,29H,4,7-10,14H2,1-3,5-6H3,(H,28,33)(H,30,32). The van der Waals surface area contributed by atoms with Crippen molar-refractivity contribution < 1.29 is 9.59 Å². The molecule has 6 nitrogen and oxygen atoms in total. The molecule has 178 valence electrons. The van der Waals surface area contributed by atoms with Gasteiger partial charge in [0.05, 0.1) is 0 Å². The molecule has 33 heavy (non-hydrogen) atoms. The van der Waals surface area contributed by atoms with Crippen LogP contribution < -0.4 is 20.9 Å². The molecule has 1 heterocycles. The van der Waals surface area contributed by atoms with Crippen LogP contribution >= 0.6 is 15.9 Å². The highest BCUT2D eigenvalue weighted by atomic mass is 79.9. The van der Waals surface area contributed by atoms with E-state index in [1.807, 2.05) is 26.8 Å². The van der Waals surface area contributed by atoms with E-state index in [0.717, 1.165) is 63.9 Å². The molecule has 0 atom stereocenters. The van der Waals surface area contributed by atoms with Crippen LogP contribution in [0.1, 0.15) is 62.4 Å². The third-order valence-corrected chi connectivity index (χ3v) is 7.13. The van der Waals surface area contributed by atoms with E-state index in [9.17, 15) is 9.59 Å². The number of benzene rings is 1. The van der Waals surface area contributed by atoms with Crippen molar-refractivity contribution in [3.8, 4) is 0 Å². The second-order valence-electron chi connectivity index (χ2n) is 9.19. The highest BCUT2D eigenvalue weighted by molar-refractivity contribution is 9.10. The molecule has 2 aliphatic rings. The van der Waals surface area contributed by atoms with Gasteiger partial charge in [-0.05, 0) is 81.4 Å². The number of amides is 2. The van der Waals surface area contributed by atoms with Crippen molar-refractivity contribution in [1.82, 2.24) is 16.0 Å². The zero-order valence-corrected chi connectivity index (χ0v) is 21.9. The van der Waals surface area contributed by atoms with E-state index in [-0.39, 0.29) is 17.9 Å². The number of anilines is 1. The summed E-state index contributed by atoms with van der Waals surface area (Å²) < 4.78 is 0.879. The molecule has 7 heteroatoms. The normalized spacial score (nSPS) is 20.7. The Balaban J connectivity index is 1.73. The Morgan fingerprint density at radius 3 is 2.45 bits per heavy atom. The minimum Gasteiger partial charge on any atom is -0.371 e. The SMILES string of the molecule is C=C1NC(C)=CC(C)=C1CNC(=O)c1cc(Br)cc(N(C)C2CCC(NC(C)=O)CC2)c1C. The van der Waals surface area contributed by atoms with E-state index < -0.39 is 0 Å². The minimum atomic E-state index is -0.0998. The van der Waals surface area contributed by atoms with E-state index >= 15 is 0 Å². The number of carbonyl (C=O) groups is 2. The lowest BCUT2D eigenvalue weighted by Gasteiger charge is -2.37. The molecule has 2 amide bonds. The highest BCUT2D eigenvalue weighted by Gasteiger charge is 2.26. The number of hydrogen-bond donors (Lipinski definition) is 3. The topological polar surface area (TPSA) is 73.5 Å². The molecule has 3 rings (SSSR count). The summed E-state index contributed by atoms with van der Waals surface area (Å²) in [5, 5.41) is 9.35. The molecule has 1 aromatic rings. The fourth-order valence-corrected chi connectivity index (χ4v) is 5.31. The van der Waals surface area contributed by atoms with Crippen LogP contribution in [0.4, 0.5) is 5.69 Å². The van der Waals surface area contributed by atoms with Gasteiger partial charge in [-0.1, -0.05) is 22.5 Å². The zero-order chi connectivity index (χ0) is 24.3. The molecule has 1 fully saturated rings. The van der Waals surface area contributed by atoms with E-state index in [1.54, 1.807) is 6.92 Å². The van der Waals surface area contributed by atoms with Gasteiger partial charge in [0.2, 0.25) is 5.91 Å². The van der Waals surface area contributed by atoms with Gasteiger partial charge in [-0.3, -0.25) is 9.59 Å². The van der Waals surface area contributed by atoms with Crippen LogP contribution in [0, 0.1) is 6.92 Å². The van der Waals surface area contributed by atoms with Crippen molar-refractivity contribution in [1.29, 1.82) is 0 Å². The first-order valence-electron chi connectivity index (χ1n) is 11.5. The van der Waals surface area contributed by atoms with Crippen molar-refractivity contribution in [2.24, 2.45) is 0 Å². The Morgan fingerprint density at radius 1 is 1.18 bits per heavy atom. The number of rotatable bonds is 6. The summed E-state index contributed by atoms with van der Waals surface area (Å²) in [6.45, 7) is 12.1. The lowest BCUT2D eigenvalue weighted by Crippen LogP contribution is -2.42. The van der Waals surface area contributed by atoms with Gasteiger partial charge in [0.25, 0.3) is 5.91 Å². The van der Waals surface area contributed by atoms with E-state index in [2.05, 4.69) is 62.5 Å². The third-order valence-electron chi connectivity index (χ3n) is 6.67. The van der Waals surface area contributed by atoms with Crippen molar-refractivity contribution in [3.05, 3.63) is 62.9 Å². The number of carbonyl (C=O) groups excluding carboxylic acids is 2. The molecular formula is C26H35BrN4O2. The first-order chi connectivity index (χ1) is 15.6. The second-order valence-corrected chi connectivity index (χ2v) is 10.1. The summed E-state index contributed by atoms with van der Waals surface area (Å²) in [7, 11) is 2.10. The molecule has 0 spiro atoms. The van der Waals surface area contributed by atoms with Crippen LogP contribution in [0.25, 0.3) is 0 Å². The fraction of sp³-hybridized carbons (Fsp3) is 0.462. The lowest BCUT2D eigenvalue weighted by atomic mass is 9.89. The lowest BCUT2D eigenvalue weighted by molar-refractivity contribution is -0.119. The summed E-state index contributed by atoms with van der Waals surface area (Å²) in [6, 6.07) is 4.60. The smallest absolute Gasteiger partial charge is 0.251 e. The average molecular weight is 515 g/mol. The molecule has 1 aromatic carbocycles. The fourth-order valence-electron chi connectivity index (χ4n) is 4.87. The number of nitrogens with zero attached hydrogens (tertiary/aromatic N) is 1. The molecule has 1 saturated carbocycles. The number of dihydropyridines is 1. The van der Waals surface area contributed by atoms with Gasteiger partial charge < -0.3 is 20.9 Å². The molecule has 0 saturated heterocycles. The van der Waals surface area contributed by atoms with Crippen LogP contribution in [0.15, 0.2) is 51.8 Å². The minimum absolute atomic E-state index is 0.0370. The summed E-state index contributed by atoms with van der Waals surface area (Å²) in [6.07, 6.45) is 6.01. The quantitative estimate of drug-likeness (QED) is 0.513. The van der Waals surface area contributed by atoms with E-state index in [4.69, 9.17) is 0 Å². The zero-order valence-electron chi connectivity index (χ0n) is 20.3. The van der Waals surface area contributed by atoms with Crippen molar-refractivity contribution in [2.75, 3.05) is 18.5 Å². The molecule has 0 unspecified atom stereocenters. The monoisotopic (exact) mass is 514 g/mol. The Morgan fingerprint density at radius 2 is 1.85 bits per heavy atom. The summed E-state index contributed by atoms with van der Waals surface area (Å²) >= 11 is 3.60. The van der Waals surface area contributed by atoms with Gasteiger partial charge in [-0.25, -0.2) is 0 Å². The van der Waals surface area contributed by atoms with Crippen LogP contribution in [-0.4, -0.2) is 37.5 Å². The maximum Gasteiger partial charge on any atom is 0.251 e. The molecule has 0 aromatic heterocycles.